The second kappa shape index (κ2) is 6.88. The van der Waals surface area contributed by atoms with Crippen LogP contribution < -0.4 is 0 Å². The molecule has 0 N–H and O–H groups in total. The van der Waals surface area contributed by atoms with Crippen LogP contribution in [0, 0.1) is 0 Å². The molecule has 0 unspecified atom stereocenters. The fourth-order valence-electron chi connectivity index (χ4n) is 0.727. The van der Waals surface area contributed by atoms with Gasteiger partial charge in [-0.15, -0.1) is 0 Å². The van der Waals surface area contributed by atoms with Gasteiger partial charge in [0, 0.05) is 6.08 Å². The number of ether oxygens (including phenoxy) is 2. The van der Waals surface area contributed by atoms with Crippen molar-refractivity contribution in [2.75, 3.05) is 13.2 Å². The van der Waals surface area contributed by atoms with Crippen molar-refractivity contribution in [1.82, 2.24) is 0 Å². The quantitative estimate of drug-likeness (QED) is 0.378. The highest BCUT2D eigenvalue weighted by atomic mass is 16.5. The molecule has 0 amide bonds. The Morgan fingerprint density at radius 1 is 1.21 bits per heavy atom. The summed E-state index contributed by atoms with van der Waals surface area (Å²) in [6.07, 6.45) is 2.32. The first-order chi connectivity index (χ1) is 6.65. The van der Waals surface area contributed by atoms with Gasteiger partial charge in [0.15, 0.2) is 0 Å². The zero-order chi connectivity index (χ0) is 11.0. The van der Waals surface area contributed by atoms with Crippen LogP contribution in [0.2, 0.25) is 0 Å². The topological polar surface area (TPSA) is 52.6 Å². The van der Waals surface area contributed by atoms with Gasteiger partial charge in [-0.25, -0.2) is 9.59 Å². The predicted octanol–water partition coefficient (Wildman–Crippen LogP) is 1.22. The molecule has 0 heterocycles. The molecular formula is C10H14O4. The molecule has 0 aliphatic heterocycles. The minimum Gasteiger partial charge on any atom is -0.463 e. The predicted molar refractivity (Wildman–Crippen MR) is 51.5 cm³/mol. The van der Waals surface area contributed by atoms with E-state index in [4.69, 9.17) is 0 Å². The summed E-state index contributed by atoms with van der Waals surface area (Å²) in [5.41, 5.74) is 0.102. The van der Waals surface area contributed by atoms with E-state index in [1.165, 1.54) is 6.08 Å². The van der Waals surface area contributed by atoms with Gasteiger partial charge < -0.3 is 9.47 Å². The summed E-state index contributed by atoms with van der Waals surface area (Å²) in [6, 6.07) is 0. The molecule has 0 spiro atoms. The van der Waals surface area contributed by atoms with E-state index < -0.39 is 11.9 Å². The van der Waals surface area contributed by atoms with Crippen molar-refractivity contribution in [2.24, 2.45) is 0 Å². The average Bonchev–Trinajstić information content (AvgIpc) is 2.15. The fourth-order valence-corrected chi connectivity index (χ4v) is 0.727. The van der Waals surface area contributed by atoms with E-state index in [9.17, 15) is 9.59 Å². The lowest BCUT2D eigenvalue weighted by molar-refractivity contribution is -0.140. The maximum absolute atomic E-state index is 11.1. The molecule has 78 valence electrons. The van der Waals surface area contributed by atoms with Gasteiger partial charge in [-0.3, -0.25) is 0 Å². The molecule has 0 saturated heterocycles. The van der Waals surface area contributed by atoms with Crippen molar-refractivity contribution < 1.29 is 19.1 Å². The molecule has 0 saturated carbocycles. The summed E-state index contributed by atoms with van der Waals surface area (Å²) >= 11 is 0. The van der Waals surface area contributed by atoms with Gasteiger partial charge in [0.2, 0.25) is 0 Å². The van der Waals surface area contributed by atoms with Crippen LogP contribution >= 0.6 is 0 Å². The van der Waals surface area contributed by atoms with Gasteiger partial charge in [-0.05, 0) is 13.8 Å². The van der Waals surface area contributed by atoms with Crippen LogP contribution in [-0.4, -0.2) is 25.2 Å². The van der Waals surface area contributed by atoms with Crippen molar-refractivity contribution in [3.8, 4) is 0 Å². The SMILES string of the molecule is C=C/C(=C\C(=O)OCC)C(=O)OCC. The second-order valence-corrected chi connectivity index (χ2v) is 2.28. The van der Waals surface area contributed by atoms with Crippen LogP contribution in [-0.2, 0) is 19.1 Å². The summed E-state index contributed by atoms with van der Waals surface area (Å²) in [6.45, 7) is 7.29. The van der Waals surface area contributed by atoms with E-state index in [1.54, 1.807) is 13.8 Å². The molecule has 0 aromatic rings. The Bertz CT molecular complexity index is 253. The van der Waals surface area contributed by atoms with Crippen LogP contribution in [0.25, 0.3) is 0 Å². The molecule has 4 nitrogen and oxygen atoms in total. The largest absolute Gasteiger partial charge is 0.463 e. The zero-order valence-corrected chi connectivity index (χ0v) is 8.41. The Morgan fingerprint density at radius 2 is 1.79 bits per heavy atom. The lowest BCUT2D eigenvalue weighted by atomic mass is 10.2. The Balaban J connectivity index is 4.45. The summed E-state index contributed by atoms with van der Waals surface area (Å²) in [7, 11) is 0. The highest BCUT2D eigenvalue weighted by molar-refractivity contribution is 5.98. The van der Waals surface area contributed by atoms with Gasteiger partial charge in [0.05, 0.1) is 18.8 Å². The first-order valence-corrected chi connectivity index (χ1v) is 4.33. The van der Waals surface area contributed by atoms with Gasteiger partial charge in [-0.1, -0.05) is 12.7 Å². The maximum Gasteiger partial charge on any atom is 0.338 e. The van der Waals surface area contributed by atoms with Crippen LogP contribution in [0.5, 0.6) is 0 Å². The van der Waals surface area contributed by atoms with Crippen LogP contribution in [0.15, 0.2) is 24.3 Å². The van der Waals surface area contributed by atoms with E-state index in [0.717, 1.165) is 6.08 Å². The first kappa shape index (κ1) is 12.4. The third-order valence-corrected chi connectivity index (χ3v) is 1.29. The second-order valence-electron chi connectivity index (χ2n) is 2.28. The van der Waals surface area contributed by atoms with Crippen molar-refractivity contribution in [3.05, 3.63) is 24.3 Å². The molecule has 0 fully saturated rings. The van der Waals surface area contributed by atoms with Crippen molar-refractivity contribution >= 4 is 11.9 Å². The standard InChI is InChI=1S/C10H14O4/c1-4-8(10(12)14-6-3)7-9(11)13-5-2/h4,7H,1,5-6H2,2-3H3/b8-7+. The van der Waals surface area contributed by atoms with Gasteiger partial charge in [0.25, 0.3) is 0 Å². The third kappa shape index (κ3) is 4.45. The summed E-state index contributed by atoms with van der Waals surface area (Å²) in [5.74, 6) is -1.15. The number of carbonyl (C=O) groups excluding carboxylic acids is 2. The molecule has 0 aromatic heterocycles. The first-order valence-electron chi connectivity index (χ1n) is 4.33. The number of esters is 2. The van der Waals surface area contributed by atoms with Crippen LogP contribution in [0.1, 0.15) is 13.8 Å². The highest BCUT2D eigenvalue weighted by Gasteiger charge is 2.09. The number of rotatable bonds is 5. The van der Waals surface area contributed by atoms with E-state index >= 15 is 0 Å². The Labute approximate surface area is 83.2 Å². The molecule has 14 heavy (non-hydrogen) atoms. The Hall–Kier alpha value is -1.58. The van der Waals surface area contributed by atoms with Crippen LogP contribution in [0.3, 0.4) is 0 Å². The minimum atomic E-state index is -0.574. The summed E-state index contributed by atoms with van der Waals surface area (Å²) in [5, 5.41) is 0. The number of carbonyl (C=O) groups is 2. The van der Waals surface area contributed by atoms with Crippen LogP contribution in [0.4, 0.5) is 0 Å². The van der Waals surface area contributed by atoms with E-state index in [2.05, 4.69) is 16.1 Å². The zero-order valence-electron chi connectivity index (χ0n) is 8.41. The molecule has 0 bridgehead atoms. The summed E-state index contributed by atoms with van der Waals surface area (Å²) < 4.78 is 9.32. The molecular weight excluding hydrogens is 184 g/mol. The molecule has 0 aromatic carbocycles. The van der Waals surface area contributed by atoms with E-state index in [0.29, 0.717) is 0 Å². The molecule has 0 aliphatic carbocycles. The Morgan fingerprint density at radius 3 is 2.21 bits per heavy atom. The normalized spacial score (nSPS) is 10.6. The molecule has 0 rings (SSSR count). The van der Waals surface area contributed by atoms with E-state index in [-0.39, 0.29) is 18.8 Å². The number of hydrogen-bond donors (Lipinski definition) is 0. The molecule has 0 aliphatic rings. The maximum atomic E-state index is 11.1. The van der Waals surface area contributed by atoms with Gasteiger partial charge in [-0.2, -0.15) is 0 Å². The highest BCUT2D eigenvalue weighted by Crippen LogP contribution is 2.00. The van der Waals surface area contributed by atoms with Crippen molar-refractivity contribution in [2.45, 2.75) is 13.8 Å². The van der Waals surface area contributed by atoms with Gasteiger partial charge in [0.1, 0.15) is 0 Å². The van der Waals surface area contributed by atoms with Gasteiger partial charge >= 0.3 is 11.9 Å². The molecule has 0 radical (unpaired) electrons. The fraction of sp³-hybridized carbons (Fsp3) is 0.400. The van der Waals surface area contributed by atoms with Crippen molar-refractivity contribution in [3.63, 3.8) is 0 Å². The monoisotopic (exact) mass is 198 g/mol. The van der Waals surface area contributed by atoms with Crippen molar-refractivity contribution in [1.29, 1.82) is 0 Å². The Kier molecular flexibility index (Phi) is 6.11. The average molecular weight is 198 g/mol. The molecule has 4 heteroatoms. The molecule has 0 atom stereocenters. The lowest BCUT2D eigenvalue weighted by Gasteiger charge is -2.01. The number of hydrogen-bond acceptors (Lipinski definition) is 4. The third-order valence-electron chi connectivity index (χ3n) is 1.29. The summed E-state index contributed by atoms with van der Waals surface area (Å²) in [4.78, 5) is 22.1. The minimum absolute atomic E-state index is 0.102. The van der Waals surface area contributed by atoms with E-state index in [1.807, 2.05) is 0 Å². The lowest BCUT2D eigenvalue weighted by Crippen LogP contribution is -2.09. The smallest absolute Gasteiger partial charge is 0.338 e.